The second-order valence-corrected chi connectivity index (χ2v) is 6.29. The summed E-state index contributed by atoms with van der Waals surface area (Å²) in [5, 5.41) is 0. The highest BCUT2D eigenvalue weighted by atomic mass is 15.1. The Balaban J connectivity index is 1.60. The van der Waals surface area contributed by atoms with Gasteiger partial charge in [0.15, 0.2) is 0 Å². The van der Waals surface area contributed by atoms with Gasteiger partial charge in [0.2, 0.25) is 0 Å². The molecule has 0 aliphatic heterocycles. The molecule has 0 saturated heterocycles. The molecule has 2 aliphatic rings. The van der Waals surface area contributed by atoms with Crippen molar-refractivity contribution in [3.05, 3.63) is 41.7 Å². The average Bonchev–Trinajstić information content (AvgIpc) is 3.10. The number of nitrogens with two attached hydrogens (primary N) is 1. The molecular formula is C16H22N4. The summed E-state index contributed by atoms with van der Waals surface area (Å²) in [6, 6.07) is 0.922. The van der Waals surface area contributed by atoms with Gasteiger partial charge in [0.05, 0.1) is 18.6 Å². The normalized spacial score (nSPS) is 22.6. The van der Waals surface area contributed by atoms with Crippen molar-refractivity contribution < 1.29 is 0 Å². The molecule has 0 spiro atoms. The van der Waals surface area contributed by atoms with Gasteiger partial charge in [0.25, 0.3) is 0 Å². The van der Waals surface area contributed by atoms with Crippen molar-refractivity contribution in [2.75, 3.05) is 0 Å². The fraction of sp³-hybridized carbons (Fsp3) is 0.562. The summed E-state index contributed by atoms with van der Waals surface area (Å²) in [6.45, 7) is 0.913. The SMILES string of the molecule is NC1CCCCc2cn(Cc3cncn3C3CC3)cc21. The van der Waals surface area contributed by atoms with E-state index < -0.39 is 0 Å². The van der Waals surface area contributed by atoms with Gasteiger partial charge in [-0.2, -0.15) is 0 Å². The molecule has 2 aliphatic carbocycles. The Bertz CT molecular complexity index is 606. The summed E-state index contributed by atoms with van der Waals surface area (Å²) in [6.07, 6.45) is 16.0. The van der Waals surface area contributed by atoms with Crippen molar-refractivity contribution in [3.63, 3.8) is 0 Å². The first-order valence-electron chi connectivity index (χ1n) is 7.76. The average molecular weight is 270 g/mol. The fourth-order valence-electron chi connectivity index (χ4n) is 3.37. The van der Waals surface area contributed by atoms with Crippen LogP contribution in [-0.4, -0.2) is 14.1 Å². The standard InChI is InChI=1S/C16H22N4/c17-16-4-2-1-3-12-8-19(10-15(12)16)9-14-7-18-11-20(14)13-5-6-13/h7-8,10-11,13,16H,1-6,9,17H2. The zero-order valence-electron chi connectivity index (χ0n) is 11.8. The van der Waals surface area contributed by atoms with Crippen molar-refractivity contribution >= 4 is 0 Å². The second-order valence-electron chi connectivity index (χ2n) is 6.29. The van der Waals surface area contributed by atoms with Crippen LogP contribution in [0.25, 0.3) is 0 Å². The smallest absolute Gasteiger partial charge is 0.0951 e. The van der Waals surface area contributed by atoms with Crippen LogP contribution >= 0.6 is 0 Å². The molecule has 4 heteroatoms. The third-order valence-corrected chi connectivity index (χ3v) is 4.64. The van der Waals surface area contributed by atoms with E-state index in [0.717, 1.165) is 13.0 Å². The van der Waals surface area contributed by atoms with E-state index in [1.807, 2.05) is 12.5 Å². The molecule has 2 heterocycles. The van der Waals surface area contributed by atoms with Crippen molar-refractivity contribution in [1.82, 2.24) is 14.1 Å². The van der Waals surface area contributed by atoms with E-state index in [2.05, 4.69) is 26.5 Å². The number of aryl methyl sites for hydroxylation is 1. The molecule has 2 N–H and O–H groups in total. The maximum absolute atomic E-state index is 6.29. The lowest BCUT2D eigenvalue weighted by atomic mass is 10.1. The van der Waals surface area contributed by atoms with Crippen LogP contribution < -0.4 is 5.73 Å². The molecule has 20 heavy (non-hydrogen) atoms. The van der Waals surface area contributed by atoms with Crippen LogP contribution in [0, 0.1) is 0 Å². The largest absolute Gasteiger partial charge is 0.348 e. The van der Waals surface area contributed by atoms with Crippen LogP contribution in [0.2, 0.25) is 0 Å². The Morgan fingerprint density at radius 1 is 1.20 bits per heavy atom. The van der Waals surface area contributed by atoms with Crippen molar-refractivity contribution in [3.8, 4) is 0 Å². The Morgan fingerprint density at radius 2 is 2.10 bits per heavy atom. The summed E-state index contributed by atoms with van der Waals surface area (Å²) in [4.78, 5) is 4.32. The van der Waals surface area contributed by atoms with Crippen molar-refractivity contribution in [2.24, 2.45) is 5.73 Å². The highest BCUT2D eigenvalue weighted by Crippen LogP contribution is 2.36. The van der Waals surface area contributed by atoms with E-state index in [4.69, 9.17) is 5.73 Å². The first-order chi connectivity index (χ1) is 9.81. The van der Waals surface area contributed by atoms with E-state index in [0.29, 0.717) is 6.04 Å². The Morgan fingerprint density at radius 3 is 2.95 bits per heavy atom. The van der Waals surface area contributed by atoms with Crippen LogP contribution in [0.4, 0.5) is 0 Å². The molecular weight excluding hydrogens is 248 g/mol. The van der Waals surface area contributed by atoms with Gasteiger partial charge in [-0.3, -0.25) is 0 Å². The third-order valence-electron chi connectivity index (χ3n) is 4.64. The quantitative estimate of drug-likeness (QED) is 0.872. The van der Waals surface area contributed by atoms with Gasteiger partial charge in [-0.1, -0.05) is 6.42 Å². The van der Waals surface area contributed by atoms with E-state index in [1.54, 1.807) is 0 Å². The molecule has 4 rings (SSSR count). The zero-order valence-corrected chi connectivity index (χ0v) is 11.8. The van der Waals surface area contributed by atoms with Gasteiger partial charge in [-0.15, -0.1) is 0 Å². The van der Waals surface area contributed by atoms with Gasteiger partial charge in [0.1, 0.15) is 0 Å². The van der Waals surface area contributed by atoms with E-state index in [-0.39, 0.29) is 6.04 Å². The molecule has 1 unspecified atom stereocenters. The monoisotopic (exact) mass is 270 g/mol. The van der Waals surface area contributed by atoms with Crippen LogP contribution in [0.15, 0.2) is 24.9 Å². The molecule has 0 bridgehead atoms. The number of hydrogen-bond acceptors (Lipinski definition) is 2. The number of nitrogens with zero attached hydrogens (tertiary/aromatic N) is 3. The van der Waals surface area contributed by atoms with Crippen molar-refractivity contribution in [1.29, 1.82) is 0 Å². The molecule has 0 aromatic carbocycles. The lowest BCUT2D eigenvalue weighted by Gasteiger charge is -2.09. The Hall–Kier alpha value is -1.55. The first-order valence-corrected chi connectivity index (χ1v) is 7.76. The molecule has 4 nitrogen and oxygen atoms in total. The lowest BCUT2D eigenvalue weighted by Crippen LogP contribution is -2.09. The Kier molecular flexibility index (Phi) is 2.91. The van der Waals surface area contributed by atoms with Crippen LogP contribution in [0.1, 0.15) is 61.0 Å². The third kappa shape index (κ3) is 2.18. The topological polar surface area (TPSA) is 48.8 Å². The second kappa shape index (κ2) is 4.77. The van der Waals surface area contributed by atoms with Gasteiger partial charge in [-0.25, -0.2) is 4.98 Å². The van der Waals surface area contributed by atoms with E-state index in [1.165, 1.54) is 48.9 Å². The number of aromatic nitrogens is 3. The minimum Gasteiger partial charge on any atom is -0.348 e. The summed E-state index contributed by atoms with van der Waals surface area (Å²) in [5.41, 5.74) is 10.4. The highest BCUT2D eigenvalue weighted by Gasteiger charge is 2.25. The van der Waals surface area contributed by atoms with Gasteiger partial charge < -0.3 is 14.9 Å². The van der Waals surface area contributed by atoms with E-state index in [9.17, 15) is 0 Å². The summed E-state index contributed by atoms with van der Waals surface area (Å²) >= 11 is 0. The minimum atomic E-state index is 0.224. The zero-order chi connectivity index (χ0) is 13.5. The summed E-state index contributed by atoms with van der Waals surface area (Å²) < 4.78 is 4.64. The molecule has 2 aromatic rings. The predicted molar refractivity (Wildman–Crippen MR) is 78.5 cm³/mol. The molecule has 2 aromatic heterocycles. The van der Waals surface area contributed by atoms with Gasteiger partial charge in [-0.05, 0) is 43.2 Å². The number of rotatable bonds is 3. The van der Waals surface area contributed by atoms with Crippen LogP contribution in [-0.2, 0) is 13.0 Å². The number of fused-ring (bicyclic) bond motifs is 1. The number of hydrogen-bond donors (Lipinski definition) is 1. The molecule has 0 radical (unpaired) electrons. The highest BCUT2D eigenvalue weighted by molar-refractivity contribution is 5.29. The molecule has 0 amide bonds. The van der Waals surface area contributed by atoms with Crippen molar-refractivity contribution in [2.45, 2.75) is 57.2 Å². The van der Waals surface area contributed by atoms with Gasteiger partial charge >= 0.3 is 0 Å². The fourth-order valence-corrected chi connectivity index (χ4v) is 3.37. The maximum Gasteiger partial charge on any atom is 0.0951 e. The van der Waals surface area contributed by atoms with Gasteiger partial charge in [0, 0.05) is 30.7 Å². The lowest BCUT2D eigenvalue weighted by molar-refractivity contribution is 0.606. The summed E-state index contributed by atoms with van der Waals surface area (Å²) in [5.74, 6) is 0. The molecule has 1 saturated carbocycles. The summed E-state index contributed by atoms with van der Waals surface area (Å²) in [7, 11) is 0. The maximum atomic E-state index is 6.29. The molecule has 1 fully saturated rings. The molecule has 1 atom stereocenters. The first kappa shape index (κ1) is 12.2. The van der Waals surface area contributed by atoms with Crippen LogP contribution in [0.5, 0.6) is 0 Å². The molecule has 106 valence electrons. The van der Waals surface area contributed by atoms with Crippen LogP contribution in [0.3, 0.4) is 0 Å². The minimum absolute atomic E-state index is 0.224. The predicted octanol–water partition coefficient (Wildman–Crippen LogP) is 2.79. The number of imidazole rings is 1. The Labute approximate surface area is 119 Å². The van der Waals surface area contributed by atoms with E-state index >= 15 is 0 Å².